The molecule has 0 fully saturated rings. The molecule has 0 heterocycles. The van der Waals surface area contributed by atoms with Crippen molar-refractivity contribution in [3.8, 4) is 55.6 Å². The number of anilines is 3. The van der Waals surface area contributed by atoms with Gasteiger partial charge in [0, 0.05) is 27.9 Å². The van der Waals surface area contributed by atoms with Crippen molar-refractivity contribution in [2.75, 3.05) is 4.90 Å². The van der Waals surface area contributed by atoms with Crippen LogP contribution in [-0.4, -0.2) is 0 Å². The van der Waals surface area contributed by atoms with E-state index >= 15 is 0 Å². The van der Waals surface area contributed by atoms with Crippen molar-refractivity contribution in [1.29, 1.82) is 0 Å². The molecule has 1 heteroatoms. The van der Waals surface area contributed by atoms with Gasteiger partial charge < -0.3 is 4.90 Å². The summed E-state index contributed by atoms with van der Waals surface area (Å²) in [4.78, 5) is 2.44. The summed E-state index contributed by atoms with van der Waals surface area (Å²) in [5.41, 5.74) is 22.8. The molecular weight excluding hydrogens is 711 g/mol. The van der Waals surface area contributed by atoms with Crippen LogP contribution in [0.1, 0.15) is 76.3 Å². The zero-order valence-electron chi connectivity index (χ0n) is 35.3. The largest absolute Gasteiger partial charge is 0.310 e. The summed E-state index contributed by atoms with van der Waals surface area (Å²) in [7, 11) is 0. The van der Waals surface area contributed by atoms with E-state index in [0.29, 0.717) is 0 Å². The highest BCUT2D eigenvalue weighted by Gasteiger charge is 2.36. The lowest BCUT2D eigenvalue weighted by Crippen LogP contribution is -2.15. The van der Waals surface area contributed by atoms with Crippen molar-refractivity contribution >= 4 is 17.1 Å². The summed E-state index contributed by atoms with van der Waals surface area (Å²) in [5.74, 6) is 0. The highest BCUT2D eigenvalue weighted by molar-refractivity contribution is 5.90. The van der Waals surface area contributed by atoms with Crippen LogP contribution in [0.3, 0.4) is 0 Å². The molecule has 0 saturated carbocycles. The van der Waals surface area contributed by atoms with Gasteiger partial charge in [0.15, 0.2) is 0 Å². The molecule has 0 atom stereocenters. The maximum Gasteiger partial charge on any atom is 0.0473 e. The first-order valence-electron chi connectivity index (χ1n) is 21.1. The third-order valence-electron chi connectivity index (χ3n) is 13.2. The molecule has 2 aliphatic rings. The molecule has 0 radical (unpaired) electrons. The average molecular weight is 762 g/mol. The van der Waals surface area contributed by atoms with Crippen LogP contribution in [0.4, 0.5) is 17.1 Å². The monoisotopic (exact) mass is 761 g/mol. The Balaban J connectivity index is 1.18. The third kappa shape index (κ3) is 6.14. The van der Waals surface area contributed by atoms with Gasteiger partial charge in [0.2, 0.25) is 0 Å². The van der Waals surface area contributed by atoms with Gasteiger partial charge in [-0.15, -0.1) is 0 Å². The molecule has 0 aliphatic heterocycles. The lowest BCUT2D eigenvalue weighted by Gasteiger charge is -2.28. The topological polar surface area (TPSA) is 3.24 Å². The van der Waals surface area contributed by atoms with Crippen LogP contribution in [0.5, 0.6) is 0 Å². The second-order valence-corrected chi connectivity index (χ2v) is 18.7. The van der Waals surface area contributed by atoms with E-state index in [2.05, 4.69) is 235 Å². The standard InChI is InChI=1S/C58H51N/c1-56(2,3)44-25-29-46(30-26-44)59(45-27-21-39(22-28-45)38-15-9-8-10-16-38)47-34-42(40-23-31-50-48-17-11-13-19-52(48)57(4,5)54(50)36-40)33-43(35-47)41-24-32-51-49-18-12-14-20-53(49)58(6,7)55(51)37-41/h8-37H,1-7H3. The molecule has 0 saturated heterocycles. The second kappa shape index (κ2) is 13.6. The van der Waals surface area contributed by atoms with Crippen molar-refractivity contribution in [2.24, 2.45) is 0 Å². The number of fused-ring (bicyclic) bond motifs is 6. The van der Waals surface area contributed by atoms with Crippen molar-refractivity contribution < 1.29 is 0 Å². The Hall–Kier alpha value is -6.44. The van der Waals surface area contributed by atoms with Gasteiger partial charge in [-0.25, -0.2) is 0 Å². The van der Waals surface area contributed by atoms with Gasteiger partial charge >= 0.3 is 0 Å². The molecule has 0 bridgehead atoms. The van der Waals surface area contributed by atoms with Gasteiger partial charge in [-0.1, -0.05) is 176 Å². The lowest BCUT2D eigenvalue weighted by molar-refractivity contribution is 0.590. The molecule has 288 valence electrons. The number of hydrogen-bond donors (Lipinski definition) is 0. The lowest BCUT2D eigenvalue weighted by atomic mass is 9.81. The quantitative estimate of drug-likeness (QED) is 0.163. The molecule has 0 amide bonds. The minimum Gasteiger partial charge on any atom is -0.310 e. The van der Waals surface area contributed by atoms with Crippen LogP contribution in [0, 0.1) is 0 Å². The Morgan fingerprint density at radius 1 is 0.322 bits per heavy atom. The van der Waals surface area contributed by atoms with Crippen molar-refractivity contribution in [3.63, 3.8) is 0 Å². The Kier molecular flexibility index (Phi) is 8.48. The Bertz CT molecular complexity index is 2760. The second-order valence-electron chi connectivity index (χ2n) is 18.7. The molecule has 2 aliphatic carbocycles. The van der Waals surface area contributed by atoms with Gasteiger partial charge in [-0.05, 0) is 143 Å². The van der Waals surface area contributed by atoms with Gasteiger partial charge in [-0.2, -0.15) is 0 Å². The fraction of sp³-hybridized carbons (Fsp3) is 0.172. The summed E-state index contributed by atoms with van der Waals surface area (Å²) in [6.45, 7) is 16.3. The molecule has 8 aromatic rings. The predicted molar refractivity (Wildman–Crippen MR) is 251 cm³/mol. The number of benzene rings is 8. The first-order valence-corrected chi connectivity index (χ1v) is 21.1. The van der Waals surface area contributed by atoms with Crippen molar-refractivity contribution in [2.45, 2.75) is 64.7 Å². The van der Waals surface area contributed by atoms with Gasteiger partial charge in [-0.3, -0.25) is 0 Å². The maximum absolute atomic E-state index is 2.46. The maximum atomic E-state index is 2.46. The van der Waals surface area contributed by atoms with E-state index in [1.165, 1.54) is 83.5 Å². The predicted octanol–water partition coefficient (Wildman–Crippen LogP) is 16.1. The van der Waals surface area contributed by atoms with Crippen molar-refractivity contribution in [1.82, 2.24) is 0 Å². The Morgan fingerprint density at radius 2 is 0.729 bits per heavy atom. The van der Waals surface area contributed by atoms with E-state index in [4.69, 9.17) is 0 Å². The Morgan fingerprint density at radius 3 is 1.22 bits per heavy atom. The van der Waals surface area contributed by atoms with Crippen LogP contribution < -0.4 is 4.90 Å². The van der Waals surface area contributed by atoms with Crippen LogP contribution >= 0.6 is 0 Å². The van der Waals surface area contributed by atoms with E-state index in [0.717, 1.165) is 17.1 Å². The SMILES string of the molecule is CC(C)(C)c1ccc(N(c2ccc(-c3ccccc3)cc2)c2cc(-c3ccc4c(c3)C(C)(C)c3ccccc3-4)cc(-c3ccc4c(c3)C(C)(C)c3ccccc3-4)c2)cc1. The van der Waals surface area contributed by atoms with Crippen LogP contribution in [0.25, 0.3) is 55.6 Å². The third-order valence-corrected chi connectivity index (χ3v) is 13.2. The van der Waals surface area contributed by atoms with Gasteiger partial charge in [0.25, 0.3) is 0 Å². The first-order chi connectivity index (χ1) is 28.4. The highest BCUT2D eigenvalue weighted by atomic mass is 15.1. The van der Waals surface area contributed by atoms with E-state index < -0.39 is 0 Å². The molecule has 0 N–H and O–H groups in total. The molecule has 10 rings (SSSR count). The number of rotatable bonds is 6. The minimum atomic E-state index is -0.0930. The summed E-state index contributed by atoms with van der Waals surface area (Å²) in [6.07, 6.45) is 0. The summed E-state index contributed by atoms with van der Waals surface area (Å²) >= 11 is 0. The molecular formula is C58H51N. The fourth-order valence-electron chi connectivity index (χ4n) is 9.83. The van der Waals surface area contributed by atoms with Crippen LogP contribution in [0.2, 0.25) is 0 Å². The average Bonchev–Trinajstić information content (AvgIpc) is 3.63. The van der Waals surface area contributed by atoms with Gasteiger partial charge in [0.05, 0.1) is 0 Å². The zero-order chi connectivity index (χ0) is 40.7. The molecule has 0 spiro atoms. The smallest absolute Gasteiger partial charge is 0.0473 e. The minimum absolute atomic E-state index is 0.0514. The molecule has 0 aromatic heterocycles. The molecule has 59 heavy (non-hydrogen) atoms. The zero-order valence-corrected chi connectivity index (χ0v) is 35.3. The first kappa shape index (κ1) is 36.9. The Labute approximate surface area is 350 Å². The normalized spacial score (nSPS) is 14.3. The van der Waals surface area contributed by atoms with Crippen LogP contribution in [0.15, 0.2) is 182 Å². The van der Waals surface area contributed by atoms with E-state index in [9.17, 15) is 0 Å². The molecule has 1 nitrogen and oxygen atoms in total. The molecule has 0 unspecified atom stereocenters. The highest BCUT2D eigenvalue weighted by Crippen LogP contribution is 2.52. The summed E-state index contributed by atoms with van der Waals surface area (Å²) < 4.78 is 0. The van der Waals surface area contributed by atoms with E-state index in [1.54, 1.807) is 0 Å². The molecule has 8 aromatic carbocycles. The van der Waals surface area contributed by atoms with Crippen LogP contribution in [-0.2, 0) is 16.2 Å². The fourth-order valence-corrected chi connectivity index (χ4v) is 9.83. The van der Waals surface area contributed by atoms with Crippen molar-refractivity contribution in [3.05, 3.63) is 210 Å². The van der Waals surface area contributed by atoms with Gasteiger partial charge in [0.1, 0.15) is 0 Å². The summed E-state index contributed by atoms with van der Waals surface area (Å²) in [5, 5.41) is 0. The van der Waals surface area contributed by atoms with E-state index in [1.807, 2.05) is 0 Å². The summed E-state index contributed by atoms with van der Waals surface area (Å²) in [6, 6.07) is 68.2. The van der Waals surface area contributed by atoms with E-state index in [-0.39, 0.29) is 16.2 Å². The number of hydrogen-bond acceptors (Lipinski definition) is 1. The number of nitrogens with zero attached hydrogens (tertiary/aromatic N) is 1.